The van der Waals surface area contributed by atoms with Crippen LogP contribution >= 0.6 is 11.8 Å². The Morgan fingerprint density at radius 1 is 1.19 bits per heavy atom. The van der Waals surface area contributed by atoms with Crippen molar-refractivity contribution in [3.63, 3.8) is 0 Å². The SMILES string of the molecule is Cc1cc(NC(=O)CCSc2ccc(F)c(F)c2)ccc1N1CCCC1=O. The summed E-state index contributed by atoms with van der Waals surface area (Å²) in [5, 5.41) is 2.83. The van der Waals surface area contributed by atoms with Crippen LogP contribution in [0.25, 0.3) is 0 Å². The van der Waals surface area contributed by atoms with Gasteiger partial charge in [0.05, 0.1) is 0 Å². The molecule has 1 N–H and O–H groups in total. The summed E-state index contributed by atoms with van der Waals surface area (Å²) >= 11 is 1.29. The summed E-state index contributed by atoms with van der Waals surface area (Å²) in [6, 6.07) is 9.18. The number of carbonyl (C=O) groups is 2. The molecule has 1 aliphatic rings. The number of anilines is 2. The lowest BCUT2D eigenvalue weighted by molar-refractivity contribution is -0.117. The minimum atomic E-state index is -0.892. The highest BCUT2D eigenvalue weighted by atomic mass is 32.2. The van der Waals surface area contributed by atoms with Gasteiger partial charge in [0.1, 0.15) is 0 Å². The van der Waals surface area contributed by atoms with E-state index in [2.05, 4.69) is 5.32 Å². The number of benzene rings is 2. The highest BCUT2D eigenvalue weighted by Gasteiger charge is 2.23. The van der Waals surface area contributed by atoms with Gasteiger partial charge in [0.15, 0.2) is 11.6 Å². The fraction of sp³-hybridized carbons (Fsp3) is 0.300. The summed E-state index contributed by atoms with van der Waals surface area (Å²) in [7, 11) is 0. The van der Waals surface area contributed by atoms with Crippen LogP contribution in [0.1, 0.15) is 24.8 Å². The fourth-order valence-electron chi connectivity index (χ4n) is 2.99. The van der Waals surface area contributed by atoms with E-state index in [4.69, 9.17) is 0 Å². The Balaban J connectivity index is 1.52. The van der Waals surface area contributed by atoms with Gasteiger partial charge in [-0.15, -0.1) is 11.8 Å². The van der Waals surface area contributed by atoms with Crippen molar-refractivity contribution in [2.45, 2.75) is 31.1 Å². The summed E-state index contributed by atoms with van der Waals surface area (Å²) in [6.45, 7) is 2.64. The van der Waals surface area contributed by atoms with Crippen LogP contribution in [-0.2, 0) is 9.59 Å². The van der Waals surface area contributed by atoms with Crippen molar-refractivity contribution in [1.82, 2.24) is 0 Å². The maximum absolute atomic E-state index is 13.2. The van der Waals surface area contributed by atoms with E-state index in [1.807, 2.05) is 19.1 Å². The Hall–Kier alpha value is -2.41. The number of rotatable bonds is 6. The molecule has 0 aliphatic carbocycles. The molecule has 1 saturated heterocycles. The van der Waals surface area contributed by atoms with E-state index in [0.717, 1.165) is 36.3 Å². The van der Waals surface area contributed by atoms with Crippen molar-refractivity contribution in [3.8, 4) is 0 Å². The van der Waals surface area contributed by atoms with Crippen LogP contribution in [0.4, 0.5) is 20.2 Å². The zero-order valence-corrected chi connectivity index (χ0v) is 15.7. The van der Waals surface area contributed by atoms with E-state index in [1.165, 1.54) is 17.8 Å². The lowest BCUT2D eigenvalue weighted by Gasteiger charge is -2.19. The van der Waals surface area contributed by atoms with Crippen LogP contribution in [0.15, 0.2) is 41.3 Å². The summed E-state index contributed by atoms with van der Waals surface area (Å²) in [5.41, 5.74) is 2.48. The first-order chi connectivity index (χ1) is 12.9. The molecule has 1 fully saturated rings. The van der Waals surface area contributed by atoms with Crippen molar-refractivity contribution in [1.29, 1.82) is 0 Å². The summed E-state index contributed by atoms with van der Waals surface area (Å²) < 4.78 is 26.1. The maximum Gasteiger partial charge on any atom is 0.227 e. The van der Waals surface area contributed by atoms with Crippen LogP contribution in [-0.4, -0.2) is 24.1 Å². The number of nitrogens with one attached hydrogen (secondary N) is 1. The maximum atomic E-state index is 13.2. The molecule has 0 aromatic heterocycles. The van der Waals surface area contributed by atoms with Gasteiger partial charge in [-0.05, 0) is 55.3 Å². The van der Waals surface area contributed by atoms with E-state index in [9.17, 15) is 18.4 Å². The molecule has 1 aliphatic heterocycles. The van der Waals surface area contributed by atoms with E-state index < -0.39 is 11.6 Å². The van der Waals surface area contributed by atoms with Gasteiger partial charge in [-0.25, -0.2) is 8.78 Å². The van der Waals surface area contributed by atoms with Crippen LogP contribution in [0.2, 0.25) is 0 Å². The molecule has 0 unspecified atom stereocenters. The Kier molecular flexibility index (Phi) is 6.11. The number of nitrogens with zero attached hydrogens (tertiary/aromatic N) is 1. The monoisotopic (exact) mass is 390 g/mol. The number of amides is 2. The second-order valence-corrected chi connectivity index (χ2v) is 7.54. The molecule has 27 heavy (non-hydrogen) atoms. The van der Waals surface area contributed by atoms with Gasteiger partial charge in [0.25, 0.3) is 0 Å². The first kappa shape index (κ1) is 19.4. The van der Waals surface area contributed by atoms with Crippen molar-refractivity contribution in [2.75, 3.05) is 22.5 Å². The van der Waals surface area contributed by atoms with E-state index in [0.29, 0.717) is 22.8 Å². The van der Waals surface area contributed by atoms with Gasteiger partial charge in [-0.2, -0.15) is 0 Å². The molecule has 1 heterocycles. The van der Waals surface area contributed by atoms with E-state index >= 15 is 0 Å². The molecule has 0 atom stereocenters. The van der Waals surface area contributed by atoms with Gasteiger partial charge < -0.3 is 10.2 Å². The minimum Gasteiger partial charge on any atom is -0.326 e. The number of thioether (sulfide) groups is 1. The first-order valence-electron chi connectivity index (χ1n) is 8.73. The third-order valence-electron chi connectivity index (χ3n) is 4.33. The van der Waals surface area contributed by atoms with Gasteiger partial charge in [0.2, 0.25) is 11.8 Å². The second-order valence-electron chi connectivity index (χ2n) is 6.37. The van der Waals surface area contributed by atoms with Crippen LogP contribution in [0.5, 0.6) is 0 Å². The van der Waals surface area contributed by atoms with Gasteiger partial charge >= 0.3 is 0 Å². The Bertz CT molecular complexity index is 873. The predicted octanol–water partition coefficient (Wildman–Crippen LogP) is 4.52. The molecule has 3 rings (SSSR count). The zero-order chi connectivity index (χ0) is 19.4. The Labute approximate surface area is 160 Å². The van der Waals surface area contributed by atoms with Gasteiger partial charge in [-0.3, -0.25) is 9.59 Å². The Morgan fingerprint density at radius 2 is 2.00 bits per heavy atom. The van der Waals surface area contributed by atoms with Gasteiger partial charge in [-0.1, -0.05) is 0 Å². The predicted molar refractivity (Wildman–Crippen MR) is 103 cm³/mol. The number of aryl methyl sites for hydroxylation is 1. The zero-order valence-electron chi connectivity index (χ0n) is 14.9. The number of carbonyl (C=O) groups excluding carboxylic acids is 2. The van der Waals surface area contributed by atoms with E-state index in [1.54, 1.807) is 11.0 Å². The molecule has 0 spiro atoms. The van der Waals surface area contributed by atoms with Crippen molar-refractivity contribution >= 4 is 35.0 Å². The molecule has 0 radical (unpaired) electrons. The normalized spacial score (nSPS) is 13.9. The van der Waals surface area contributed by atoms with Gasteiger partial charge in [0, 0.05) is 41.4 Å². The lowest BCUT2D eigenvalue weighted by Crippen LogP contribution is -2.24. The lowest BCUT2D eigenvalue weighted by atomic mass is 10.1. The molecule has 0 bridgehead atoms. The number of hydrogen-bond acceptors (Lipinski definition) is 3. The molecule has 142 valence electrons. The third kappa shape index (κ3) is 4.86. The van der Waals surface area contributed by atoms with Crippen molar-refractivity contribution in [2.24, 2.45) is 0 Å². The molecule has 7 heteroatoms. The summed E-state index contributed by atoms with van der Waals surface area (Å²) in [5.74, 6) is -1.35. The molecule has 4 nitrogen and oxygen atoms in total. The topological polar surface area (TPSA) is 49.4 Å². The summed E-state index contributed by atoms with van der Waals surface area (Å²) in [6.07, 6.45) is 1.69. The Morgan fingerprint density at radius 3 is 2.67 bits per heavy atom. The molecular formula is C20H20F2N2O2S. The van der Waals surface area contributed by atoms with Crippen LogP contribution < -0.4 is 10.2 Å². The number of hydrogen-bond donors (Lipinski definition) is 1. The third-order valence-corrected chi connectivity index (χ3v) is 5.33. The van der Waals surface area contributed by atoms with Crippen LogP contribution in [0.3, 0.4) is 0 Å². The fourth-order valence-corrected chi connectivity index (χ4v) is 3.86. The quantitative estimate of drug-likeness (QED) is 0.738. The summed E-state index contributed by atoms with van der Waals surface area (Å²) in [4.78, 5) is 26.3. The smallest absolute Gasteiger partial charge is 0.227 e. The number of halogens is 2. The molecule has 2 amide bonds. The second kappa shape index (κ2) is 8.52. The average Bonchev–Trinajstić information content (AvgIpc) is 3.04. The molecule has 2 aromatic carbocycles. The largest absolute Gasteiger partial charge is 0.326 e. The molecule has 2 aromatic rings. The standard InChI is InChI=1S/C20H20F2N2O2S/c1-13-11-14(4-7-18(13)24-9-2-3-20(24)26)23-19(25)8-10-27-15-5-6-16(21)17(22)12-15/h4-7,11-12H,2-3,8-10H2,1H3,(H,23,25). The minimum absolute atomic E-state index is 0.129. The molecular weight excluding hydrogens is 370 g/mol. The van der Waals surface area contributed by atoms with Crippen molar-refractivity contribution in [3.05, 3.63) is 53.6 Å². The van der Waals surface area contributed by atoms with Crippen LogP contribution in [0, 0.1) is 18.6 Å². The first-order valence-corrected chi connectivity index (χ1v) is 9.71. The highest BCUT2D eigenvalue weighted by Crippen LogP contribution is 2.27. The van der Waals surface area contributed by atoms with E-state index in [-0.39, 0.29) is 18.2 Å². The molecule has 0 saturated carbocycles. The van der Waals surface area contributed by atoms with Crippen molar-refractivity contribution < 1.29 is 18.4 Å². The average molecular weight is 390 g/mol. The highest BCUT2D eigenvalue weighted by molar-refractivity contribution is 7.99.